The van der Waals surface area contributed by atoms with Gasteiger partial charge in [-0.25, -0.2) is 0 Å². The number of ether oxygens (including phenoxy) is 1. The number of rotatable bonds is 11. The summed E-state index contributed by atoms with van der Waals surface area (Å²) in [7, 11) is 0. The van der Waals surface area contributed by atoms with Gasteiger partial charge in [-0.3, -0.25) is 9.59 Å². The first-order valence-electron chi connectivity index (χ1n) is 13.7. The molecule has 194 valence electrons. The maximum absolute atomic E-state index is 13.1. The zero-order valence-electron chi connectivity index (χ0n) is 22.0. The van der Waals surface area contributed by atoms with Crippen LogP contribution in [0.5, 0.6) is 5.75 Å². The van der Waals surface area contributed by atoms with Crippen LogP contribution in [0.3, 0.4) is 0 Å². The smallest absolute Gasteiger partial charge is 0.253 e. The van der Waals surface area contributed by atoms with E-state index in [0.29, 0.717) is 31.7 Å². The van der Waals surface area contributed by atoms with E-state index in [1.165, 1.54) is 12.0 Å². The molecule has 2 amide bonds. The molecule has 0 radical (unpaired) electrons. The number of aryl methyl sites for hydroxylation is 1. The lowest BCUT2D eigenvalue weighted by molar-refractivity contribution is -0.119. The molecule has 0 aliphatic carbocycles. The first-order chi connectivity index (χ1) is 17.6. The molecule has 2 aliphatic heterocycles. The van der Waals surface area contributed by atoms with Crippen molar-refractivity contribution >= 4 is 17.5 Å². The van der Waals surface area contributed by atoms with Crippen molar-refractivity contribution in [1.82, 2.24) is 9.80 Å². The molecule has 0 spiro atoms. The number of para-hydroxylation sites is 1. The van der Waals surface area contributed by atoms with E-state index in [1.807, 2.05) is 46.2 Å². The van der Waals surface area contributed by atoms with Gasteiger partial charge >= 0.3 is 0 Å². The topological polar surface area (TPSA) is 53.1 Å². The summed E-state index contributed by atoms with van der Waals surface area (Å²) in [6.45, 7) is 9.84. The van der Waals surface area contributed by atoms with Crippen LogP contribution in [0.2, 0.25) is 0 Å². The first kappa shape index (κ1) is 26.2. The molecule has 2 aromatic carbocycles. The van der Waals surface area contributed by atoms with Gasteiger partial charge in [0.15, 0.2) is 0 Å². The van der Waals surface area contributed by atoms with E-state index in [4.69, 9.17) is 4.74 Å². The Labute approximate surface area is 216 Å². The Bertz CT molecular complexity index is 995. The van der Waals surface area contributed by atoms with E-state index in [9.17, 15) is 9.59 Å². The largest absolute Gasteiger partial charge is 0.494 e. The lowest BCUT2D eigenvalue weighted by atomic mass is 9.95. The number of hydrogen-bond acceptors (Lipinski definition) is 4. The molecule has 36 heavy (non-hydrogen) atoms. The Morgan fingerprint density at radius 3 is 2.39 bits per heavy atom. The van der Waals surface area contributed by atoms with Crippen molar-refractivity contribution in [3.8, 4) is 5.75 Å². The second-order valence-electron chi connectivity index (χ2n) is 9.88. The monoisotopic (exact) mass is 491 g/mol. The fraction of sp³-hybridized carbons (Fsp3) is 0.533. The van der Waals surface area contributed by atoms with Crippen LogP contribution in [0.15, 0.2) is 48.5 Å². The molecule has 6 nitrogen and oxygen atoms in total. The maximum Gasteiger partial charge on any atom is 0.253 e. The standard InChI is InChI=1S/C30H41N3O3/c1-3-31(4-2)20-8-5-9-23-36-27-15-12-25(13-16-27)30(35)32-21-18-26(19-22-32)33-28-11-7-6-10-24(28)14-17-29(33)34/h6-7,10-13,15-16,26H,3-5,8-9,14,17-23H2,1-2H3. The van der Waals surface area contributed by atoms with Gasteiger partial charge in [0.1, 0.15) is 5.75 Å². The van der Waals surface area contributed by atoms with Gasteiger partial charge in [-0.2, -0.15) is 0 Å². The number of carbonyl (C=O) groups is 2. The minimum Gasteiger partial charge on any atom is -0.494 e. The predicted molar refractivity (Wildman–Crippen MR) is 145 cm³/mol. The van der Waals surface area contributed by atoms with Gasteiger partial charge in [-0.15, -0.1) is 0 Å². The predicted octanol–water partition coefficient (Wildman–Crippen LogP) is 5.16. The first-order valence-corrected chi connectivity index (χ1v) is 13.7. The average molecular weight is 492 g/mol. The Morgan fingerprint density at radius 1 is 0.944 bits per heavy atom. The molecule has 6 heteroatoms. The van der Waals surface area contributed by atoms with E-state index in [0.717, 1.165) is 63.2 Å². The number of hydrogen-bond donors (Lipinski definition) is 0. The van der Waals surface area contributed by atoms with Crippen molar-refractivity contribution in [3.63, 3.8) is 0 Å². The van der Waals surface area contributed by atoms with Crippen LogP contribution < -0.4 is 9.64 Å². The molecule has 1 fully saturated rings. The second kappa shape index (κ2) is 12.9. The lowest BCUT2D eigenvalue weighted by Gasteiger charge is -2.41. The molecule has 0 saturated carbocycles. The SMILES string of the molecule is CCN(CC)CCCCCOc1ccc(C(=O)N2CCC(N3C(=O)CCc4ccccc43)CC2)cc1. The molecule has 0 bridgehead atoms. The van der Waals surface area contributed by atoms with E-state index in [-0.39, 0.29) is 17.9 Å². The van der Waals surface area contributed by atoms with Gasteiger partial charge in [0, 0.05) is 36.8 Å². The van der Waals surface area contributed by atoms with Crippen molar-refractivity contribution in [2.75, 3.05) is 44.2 Å². The quantitative estimate of drug-likeness (QED) is 0.408. The molecule has 0 unspecified atom stereocenters. The third-order valence-corrected chi connectivity index (χ3v) is 7.63. The number of piperidine rings is 1. The van der Waals surface area contributed by atoms with Crippen molar-refractivity contribution in [2.45, 2.75) is 64.8 Å². The van der Waals surface area contributed by atoms with Crippen LogP contribution in [0.1, 0.15) is 68.3 Å². The second-order valence-corrected chi connectivity index (χ2v) is 9.88. The number of nitrogens with zero attached hydrogens (tertiary/aromatic N) is 3. The summed E-state index contributed by atoms with van der Waals surface area (Å²) in [5, 5.41) is 0. The third-order valence-electron chi connectivity index (χ3n) is 7.63. The number of unbranched alkanes of at least 4 members (excludes halogenated alkanes) is 2. The minimum atomic E-state index is 0.0572. The number of amides is 2. The summed E-state index contributed by atoms with van der Waals surface area (Å²) in [6.07, 6.45) is 6.41. The summed E-state index contributed by atoms with van der Waals surface area (Å²) >= 11 is 0. The van der Waals surface area contributed by atoms with Crippen molar-refractivity contribution < 1.29 is 14.3 Å². The molecule has 2 aliphatic rings. The van der Waals surface area contributed by atoms with E-state index >= 15 is 0 Å². The molecular weight excluding hydrogens is 450 g/mol. The zero-order chi connectivity index (χ0) is 25.3. The summed E-state index contributed by atoms with van der Waals surface area (Å²) in [6, 6.07) is 15.9. The van der Waals surface area contributed by atoms with Crippen molar-refractivity contribution in [3.05, 3.63) is 59.7 Å². The van der Waals surface area contributed by atoms with Gasteiger partial charge in [0.05, 0.1) is 6.61 Å². The molecule has 0 N–H and O–H groups in total. The minimum absolute atomic E-state index is 0.0572. The highest BCUT2D eigenvalue weighted by Gasteiger charge is 2.33. The summed E-state index contributed by atoms with van der Waals surface area (Å²) in [5.74, 6) is 1.08. The van der Waals surface area contributed by atoms with Crippen molar-refractivity contribution in [2.24, 2.45) is 0 Å². The highest BCUT2D eigenvalue weighted by Crippen LogP contribution is 2.32. The summed E-state index contributed by atoms with van der Waals surface area (Å²) in [4.78, 5) is 32.2. The number of benzene rings is 2. The maximum atomic E-state index is 13.1. The van der Waals surface area contributed by atoms with Gasteiger partial charge in [0.25, 0.3) is 5.91 Å². The van der Waals surface area contributed by atoms with Crippen LogP contribution in [0, 0.1) is 0 Å². The number of anilines is 1. The van der Waals surface area contributed by atoms with E-state index in [2.05, 4.69) is 30.9 Å². The van der Waals surface area contributed by atoms with Gasteiger partial charge in [-0.05, 0) is 94.1 Å². The Hall–Kier alpha value is -2.86. The highest BCUT2D eigenvalue weighted by atomic mass is 16.5. The average Bonchev–Trinajstić information content (AvgIpc) is 2.93. The molecule has 1 saturated heterocycles. The lowest BCUT2D eigenvalue weighted by Crippen LogP contribution is -2.50. The fourth-order valence-electron chi connectivity index (χ4n) is 5.40. The number of fused-ring (bicyclic) bond motifs is 1. The molecule has 0 aromatic heterocycles. The van der Waals surface area contributed by atoms with Crippen molar-refractivity contribution in [1.29, 1.82) is 0 Å². The summed E-state index contributed by atoms with van der Waals surface area (Å²) < 4.78 is 5.89. The van der Waals surface area contributed by atoms with Crippen LogP contribution in [-0.2, 0) is 11.2 Å². The third kappa shape index (κ3) is 6.47. The van der Waals surface area contributed by atoms with Crippen LogP contribution in [0.25, 0.3) is 0 Å². The molecule has 2 aromatic rings. The molecule has 2 heterocycles. The van der Waals surface area contributed by atoms with Crippen LogP contribution >= 0.6 is 0 Å². The fourth-order valence-corrected chi connectivity index (χ4v) is 5.40. The zero-order valence-corrected chi connectivity index (χ0v) is 22.0. The van der Waals surface area contributed by atoms with Gasteiger partial charge in [0.2, 0.25) is 5.91 Å². The Morgan fingerprint density at radius 2 is 1.67 bits per heavy atom. The summed E-state index contributed by atoms with van der Waals surface area (Å²) in [5.41, 5.74) is 3.00. The van der Waals surface area contributed by atoms with E-state index < -0.39 is 0 Å². The van der Waals surface area contributed by atoms with Gasteiger partial charge < -0.3 is 19.4 Å². The van der Waals surface area contributed by atoms with Gasteiger partial charge in [-0.1, -0.05) is 32.0 Å². The Balaban J connectivity index is 1.22. The van der Waals surface area contributed by atoms with E-state index in [1.54, 1.807) is 0 Å². The molecule has 0 atom stereocenters. The number of likely N-dealkylation sites (tertiary alicyclic amines) is 1. The molecule has 4 rings (SSSR count). The van der Waals surface area contributed by atoms with Crippen LogP contribution in [0.4, 0.5) is 5.69 Å². The Kier molecular flexibility index (Phi) is 9.40. The normalized spacial score (nSPS) is 16.4. The molecular formula is C30H41N3O3. The highest BCUT2D eigenvalue weighted by molar-refractivity contribution is 5.97. The number of carbonyl (C=O) groups excluding carboxylic acids is 2. The van der Waals surface area contributed by atoms with Crippen LogP contribution in [-0.4, -0.2) is 67.0 Å².